The van der Waals surface area contributed by atoms with Crippen molar-refractivity contribution in [2.45, 2.75) is 19.9 Å². The van der Waals surface area contributed by atoms with Crippen molar-refractivity contribution in [3.05, 3.63) is 90.9 Å². The Balaban J connectivity index is 1.84. The van der Waals surface area contributed by atoms with Crippen molar-refractivity contribution >= 4 is 45.9 Å². The first-order valence-electron chi connectivity index (χ1n) is 9.14. The third-order valence-corrected chi connectivity index (χ3v) is 5.65. The molecule has 0 unspecified atom stereocenters. The van der Waals surface area contributed by atoms with Gasteiger partial charge in [0.05, 0.1) is 22.0 Å². The molecule has 2 aromatic heterocycles. The molecule has 0 saturated carbocycles. The fraction of sp³-hybridized carbons (Fsp3) is 0.136. The third kappa shape index (κ3) is 2.75. The van der Waals surface area contributed by atoms with E-state index in [4.69, 9.17) is 32.1 Å². The number of fused-ring (bicyclic) bond motifs is 2. The fourth-order valence-electron chi connectivity index (χ4n) is 3.77. The number of hydrogen-bond donors (Lipinski definition) is 0. The van der Waals surface area contributed by atoms with Crippen LogP contribution in [0.4, 0.5) is 5.82 Å². The number of hydrogen-bond acceptors (Lipinski definition) is 5. The van der Waals surface area contributed by atoms with Crippen molar-refractivity contribution in [1.29, 1.82) is 0 Å². The topological polar surface area (TPSA) is 76.6 Å². The Morgan fingerprint density at radius 2 is 1.77 bits per heavy atom. The Kier molecular flexibility index (Phi) is 4.24. The summed E-state index contributed by atoms with van der Waals surface area (Å²) in [6.07, 6.45) is 0. The van der Waals surface area contributed by atoms with Gasteiger partial charge in [-0.2, -0.15) is 0 Å². The molecule has 0 radical (unpaired) electrons. The molecule has 5 rings (SSSR count). The minimum atomic E-state index is -0.726. The largest absolute Gasteiger partial charge is 0.449 e. The lowest BCUT2D eigenvalue weighted by Gasteiger charge is -2.22. The zero-order chi connectivity index (χ0) is 21.2. The number of rotatable bonds is 2. The second-order valence-corrected chi connectivity index (χ2v) is 8.07. The van der Waals surface area contributed by atoms with E-state index in [1.807, 2.05) is 31.2 Å². The Labute approximate surface area is 180 Å². The molecule has 0 bridgehead atoms. The summed E-state index contributed by atoms with van der Waals surface area (Å²) in [7, 11) is 0. The lowest BCUT2D eigenvalue weighted by Crippen LogP contribution is -2.29. The number of nitrogens with zero attached hydrogens (tertiary/aromatic N) is 2. The van der Waals surface area contributed by atoms with Gasteiger partial charge in [0.1, 0.15) is 5.76 Å². The molecule has 4 aromatic rings. The van der Waals surface area contributed by atoms with Crippen molar-refractivity contribution in [2.75, 3.05) is 4.90 Å². The number of anilines is 1. The van der Waals surface area contributed by atoms with Gasteiger partial charge in [0.15, 0.2) is 16.8 Å². The maximum Gasteiger partial charge on any atom is 0.296 e. The highest BCUT2D eigenvalue weighted by atomic mass is 35.5. The van der Waals surface area contributed by atoms with Gasteiger partial charge in [0.25, 0.3) is 5.91 Å². The highest BCUT2D eigenvalue weighted by molar-refractivity contribution is 6.38. The van der Waals surface area contributed by atoms with Crippen molar-refractivity contribution in [2.24, 2.45) is 0 Å². The van der Waals surface area contributed by atoms with Crippen molar-refractivity contribution in [3.63, 3.8) is 0 Å². The highest BCUT2D eigenvalue weighted by Crippen LogP contribution is 2.42. The Morgan fingerprint density at radius 3 is 2.43 bits per heavy atom. The van der Waals surface area contributed by atoms with Gasteiger partial charge < -0.3 is 8.94 Å². The van der Waals surface area contributed by atoms with Crippen molar-refractivity contribution < 1.29 is 13.7 Å². The van der Waals surface area contributed by atoms with Crippen LogP contribution in [0.5, 0.6) is 0 Å². The van der Waals surface area contributed by atoms with E-state index in [1.165, 1.54) is 17.0 Å². The highest BCUT2D eigenvalue weighted by Gasteiger charge is 2.45. The molecule has 2 aromatic carbocycles. The van der Waals surface area contributed by atoms with Gasteiger partial charge in [-0.25, -0.2) is 0 Å². The molecule has 0 spiro atoms. The Morgan fingerprint density at radius 1 is 1.03 bits per heavy atom. The molecule has 0 aliphatic carbocycles. The minimum Gasteiger partial charge on any atom is -0.449 e. The average molecular weight is 441 g/mol. The number of aromatic nitrogens is 1. The molecule has 0 N–H and O–H groups in total. The smallest absolute Gasteiger partial charge is 0.296 e. The maximum atomic E-state index is 13.5. The predicted octanol–water partition coefficient (Wildman–Crippen LogP) is 5.45. The summed E-state index contributed by atoms with van der Waals surface area (Å²) < 4.78 is 11.1. The van der Waals surface area contributed by atoms with E-state index >= 15 is 0 Å². The standard InChI is InChI=1S/C22H14Cl2N2O4/c1-10-3-5-12(6-4-10)18-17-19(27)14-8-13(23)9-15(24)20(14)29-21(17)22(28)26(18)16-7-11(2)30-25-16/h3-9,18H,1-2H3/t18-/m1/s1. The van der Waals surface area contributed by atoms with Crippen LogP contribution in [0, 0.1) is 13.8 Å². The number of benzene rings is 2. The number of halogens is 2. The van der Waals surface area contributed by atoms with Gasteiger partial charge in [-0.1, -0.05) is 58.2 Å². The average Bonchev–Trinajstić information content (AvgIpc) is 3.25. The summed E-state index contributed by atoms with van der Waals surface area (Å²) in [5.41, 5.74) is 1.77. The quantitative estimate of drug-likeness (QED) is 0.413. The van der Waals surface area contributed by atoms with Gasteiger partial charge in [0, 0.05) is 11.1 Å². The van der Waals surface area contributed by atoms with Gasteiger partial charge in [-0.15, -0.1) is 0 Å². The first-order valence-corrected chi connectivity index (χ1v) is 9.90. The van der Waals surface area contributed by atoms with Crippen LogP contribution in [0.1, 0.15) is 39.0 Å². The van der Waals surface area contributed by atoms with E-state index < -0.39 is 11.9 Å². The summed E-state index contributed by atoms with van der Waals surface area (Å²) in [4.78, 5) is 28.3. The minimum absolute atomic E-state index is 0.0667. The van der Waals surface area contributed by atoms with Crippen LogP contribution in [0.3, 0.4) is 0 Å². The van der Waals surface area contributed by atoms with E-state index in [-0.39, 0.29) is 32.7 Å². The summed E-state index contributed by atoms with van der Waals surface area (Å²) in [6, 6.07) is 11.5. The van der Waals surface area contributed by atoms with Gasteiger partial charge in [-0.05, 0) is 31.5 Å². The molecule has 3 heterocycles. The van der Waals surface area contributed by atoms with E-state index in [0.717, 1.165) is 11.1 Å². The molecular weight excluding hydrogens is 427 g/mol. The molecule has 8 heteroatoms. The summed E-state index contributed by atoms with van der Waals surface area (Å²) in [5, 5.41) is 4.68. The fourth-order valence-corrected chi connectivity index (χ4v) is 4.30. The second kappa shape index (κ2) is 6.72. The molecule has 0 saturated heterocycles. The molecule has 30 heavy (non-hydrogen) atoms. The Bertz CT molecular complexity index is 1390. The normalized spacial score (nSPS) is 15.8. The van der Waals surface area contributed by atoms with E-state index in [1.54, 1.807) is 13.0 Å². The lowest BCUT2D eigenvalue weighted by atomic mass is 9.97. The van der Waals surface area contributed by atoms with Gasteiger partial charge >= 0.3 is 0 Å². The first-order chi connectivity index (χ1) is 14.3. The van der Waals surface area contributed by atoms with Crippen LogP contribution in [-0.2, 0) is 0 Å². The molecule has 1 atom stereocenters. The summed E-state index contributed by atoms with van der Waals surface area (Å²) in [5.74, 6) is 0.273. The molecule has 1 amide bonds. The molecule has 1 aliphatic heterocycles. The van der Waals surface area contributed by atoms with Crippen LogP contribution in [-0.4, -0.2) is 11.1 Å². The molecule has 6 nitrogen and oxygen atoms in total. The van der Waals surface area contributed by atoms with Crippen molar-refractivity contribution in [3.8, 4) is 0 Å². The number of carbonyl (C=O) groups is 1. The Hall–Kier alpha value is -3.09. The first kappa shape index (κ1) is 18.9. The van der Waals surface area contributed by atoms with Crippen LogP contribution in [0.2, 0.25) is 10.0 Å². The van der Waals surface area contributed by atoms with Crippen LogP contribution < -0.4 is 10.3 Å². The SMILES string of the molecule is Cc1ccc([C@@H]2c3c(oc4c(Cl)cc(Cl)cc4c3=O)C(=O)N2c2cc(C)on2)cc1. The zero-order valence-electron chi connectivity index (χ0n) is 15.9. The van der Waals surface area contributed by atoms with E-state index in [9.17, 15) is 9.59 Å². The molecular formula is C22H14Cl2N2O4. The summed E-state index contributed by atoms with van der Waals surface area (Å²) >= 11 is 12.4. The third-order valence-electron chi connectivity index (χ3n) is 5.15. The zero-order valence-corrected chi connectivity index (χ0v) is 17.4. The van der Waals surface area contributed by atoms with Crippen LogP contribution >= 0.6 is 23.2 Å². The number of carbonyl (C=O) groups excluding carboxylic acids is 1. The van der Waals surface area contributed by atoms with Crippen LogP contribution in [0.15, 0.2) is 56.2 Å². The second-order valence-electron chi connectivity index (χ2n) is 7.22. The monoisotopic (exact) mass is 440 g/mol. The lowest BCUT2D eigenvalue weighted by molar-refractivity contribution is 0.0969. The maximum absolute atomic E-state index is 13.5. The van der Waals surface area contributed by atoms with E-state index in [2.05, 4.69) is 5.16 Å². The summed E-state index contributed by atoms with van der Waals surface area (Å²) in [6.45, 7) is 3.69. The van der Waals surface area contributed by atoms with E-state index in [0.29, 0.717) is 16.6 Å². The van der Waals surface area contributed by atoms with Gasteiger partial charge in [0.2, 0.25) is 5.76 Å². The predicted molar refractivity (Wildman–Crippen MR) is 114 cm³/mol. The molecule has 0 fully saturated rings. The molecule has 150 valence electrons. The van der Waals surface area contributed by atoms with Crippen LogP contribution in [0.25, 0.3) is 11.0 Å². The van der Waals surface area contributed by atoms with Gasteiger partial charge in [-0.3, -0.25) is 14.5 Å². The molecule has 1 aliphatic rings. The number of amides is 1. The number of aryl methyl sites for hydroxylation is 2. The van der Waals surface area contributed by atoms with Crippen molar-refractivity contribution in [1.82, 2.24) is 5.16 Å².